The standard InChI is InChI=1S/C22H24N2O8S4/c25-21(26)17-13-15(7-9-19(17)23(29)30)35-33-11-5-3-1-2-4-6-12-34-36-16-8-10-20(24(31)32)18(14-16)22(27)28/h7-10,13-14H,1-6,11-12H2,(H,25,26)(H,27,28). The minimum absolute atomic E-state index is 0.306. The molecule has 0 radical (unpaired) electrons. The van der Waals surface area contributed by atoms with Crippen LogP contribution in [-0.4, -0.2) is 43.5 Å². The number of hydrogen-bond donors (Lipinski definition) is 2. The van der Waals surface area contributed by atoms with Crippen LogP contribution < -0.4 is 0 Å². The third kappa shape index (κ3) is 9.91. The Morgan fingerprint density at radius 2 is 1.03 bits per heavy atom. The Hall–Kier alpha value is -2.42. The summed E-state index contributed by atoms with van der Waals surface area (Å²) >= 11 is 0. The average molecular weight is 573 g/mol. The summed E-state index contributed by atoms with van der Waals surface area (Å²) in [6.45, 7) is 0. The lowest BCUT2D eigenvalue weighted by Gasteiger charge is -2.05. The average Bonchev–Trinajstić information content (AvgIpc) is 2.84. The van der Waals surface area contributed by atoms with Gasteiger partial charge < -0.3 is 10.2 Å². The SMILES string of the molecule is O=C(O)c1cc(SSCCCCCCCCSSc2ccc([N+](=O)[O-])c(C(=O)O)c2)ccc1[N+](=O)[O-]. The van der Waals surface area contributed by atoms with Gasteiger partial charge in [0.15, 0.2) is 0 Å². The van der Waals surface area contributed by atoms with E-state index in [1.165, 1.54) is 45.9 Å². The van der Waals surface area contributed by atoms with Gasteiger partial charge in [-0.1, -0.05) is 68.9 Å². The second kappa shape index (κ2) is 15.6. The lowest BCUT2D eigenvalue weighted by Crippen LogP contribution is -2.02. The zero-order valence-electron chi connectivity index (χ0n) is 19.0. The fourth-order valence-electron chi connectivity index (χ4n) is 3.04. The van der Waals surface area contributed by atoms with Gasteiger partial charge in [-0.2, -0.15) is 0 Å². The van der Waals surface area contributed by atoms with Crippen LogP contribution in [0.4, 0.5) is 11.4 Å². The van der Waals surface area contributed by atoms with E-state index in [0.29, 0.717) is 9.79 Å². The molecular weight excluding hydrogens is 549 g/mol. The number of nitrogens with zero attached hydrogens (tertiary/aromatic N) is 2. The summed E-state index contributed by atoms with van der Waals surface area (Å²) in [6, 6.07) is 8.24. The number of hydrogen-bond acceptors (Lipinski definition) is 10. The Morgan fingerprint density at radius 3 is 1.36 bits per heavy atom. The van der Waals surface area contributed by atoms with Crippen molar-refractivity contribution in [3.63, 3.8) is 0 Å². The smallest absolute Gasteiger partial charge is 0.342 e. The number of benzene rings is 2. The van der Waals surface area contributed by atoms with Crippen molar-refractivity contribution < 1.29 is 29.6 Å². The topological polar surface area (TPSA) is 161 Å². The molecule has 0 aromatic heterocycles. The van der Waals surface area contributed by atoms with Gasteiger partial charge in [-0.3, -0.25) is 20.2 Å². The van der Waals surface area contributed by atoms with Crippen molar-refractivity contribution in [1.29, 1.82) is 0 Å². The van der Waals surface area contributed by atoms with Crippen LogP contribution >= 0.6 is 43.2 Å². The van der Waals surface area contributed by atoms with E-state index < -0.39 is 33.2 Å². The first-order valence-corrected chi connectivity index (χ1v) is 15.5. The maximum absolute atomic E-state index is 11.2. The summed E-state index contributed by atoms with van der Waals surface area (Å²) < 4.78 is 0. The molecule has 2 N–H and O–H groups in total. The van der Waals surface area contributed by atoms with Crippen LogP contribution in [0.15, 0.2) is 46.2 Å². The summed E-state index contributed by atoms with van der Waals surface area (Å²) in [7, 11) is 6.01. The van der Waals surface area contributed by atoms with E-state index in [2.05, 4.69) is 0 Å². The van der Waals surface area contributed by atoms with Crippen molar-refractivity contribution in [2.45, 2.75) is 48.3 Å². The molecule has 2 aromatic carbocycles. The van der Waals surface area contributed by atoms with E-state index >= 15 is 0 Å². The van der Waals surface area contributed by atoms with Gasteiger partial charge in [0.25, 0.3) is 11.4 Å². The van der Waals surface area contributed by atoms with Gasteiger partial charge in [0.05, 0.1) is 9.85 Å². The summed E-state index contributed by atoms with van der Waals surface area (Å²) in [6.07, 6.45) is 6.41. The highest BCUT2D eigenvalue weighted by Gasteiger charge is 2.21. The quantitative estimate of drug-likeness (QED) is 0.0836. The highest BCUT2D eigenvalue weighted by atomic mass is 33.1. The molecule has 2 aromatic rings. The predicted octanol–water partition coefficient (Wildman–Crippen LogP) is 7.42. The van der Waals surface area contributed by atoms with E-state index in [-0.39, 0.29) is 11.1 Å². The molecule has 0 fully saturated rings. The second-order valence-corrected chi connectivity index (χ2v) is 12.4. The Labute approximate surface area is 223 Å². The summed E-state index contributed by atoms with van der Waals surface area (Å²) in [4.78, 5) is 44.2. The summed E-state index contributed by atoms with van der Waals surface area (Å²) in [5, 5.41) is 40.1. The lowest BCUT2D eigenvalue weighted by molar-refractivity contribution is -0.385. The Bertz CT molecular complexity index is 1010. The largest absolute Gasteiger partial charge is 0.477 e. The van der Waals surface area contributed by atoms with E-state index in [9.17, 15) is 29.8 Å². The molecule has 0 saturated heterocycles. The van der Waals surface area contributed by atoms with Gasteiger partial charge in [-0.05, 0) is 37.1 Å². The van der Waals surface area contributed by atoms with E-state index in [4.69, 9.17) is 10.2 Å². The van der Waals surface area contributed by atoms with Gasteiger partial charge in [-0.25, -0.2) is 9.59 Å². The molecule has 0 unspecified atom stereocenters. The second-order valence-electron chi connectivity index (χ2n) is 7.41. The number of rotatable bonds is 17. The minimum Gasteiger partial charge on any atom is -0.477 e. The van der Waals surface area contributed by atoms with E-state index in [0.717, 1.165) is 50.0 Å². The molecule has 0 aliphatic rings. The van der Waals surface area contributed by atoms with Crippen LogP contribution in [0.5, 0.6) is 0 Å². The highest BCUT2D eigenvalue weighted by molar-refractivity contribution is 8.77. The molecule has 0 spiro atoms. The molecule has 0 amide bonds. The normalized spacial score (nSPS) is 10.8. The van der Waals surface area contributed by atoms with Crippen LogP contribution in [0.25, 0.3) is 0 Å². The first kappa shape index (κ1) is 29.8. The number of aromatic carboxylic acids is 2. The summed E-state index contributed by atoms with van der Waals surface area (Å²) in [5.74, 6) is -0.844. The monoisotopic (exact) mass is 572 g/mol. The molecule has 36 heavy (non-hydrogen) atoms. The van der Waals surface area contributed by atoms with Gasteiger partial charge >= 0.3 is 11.9 Å². The Balaban J connectivity index is 1.54. The zero-order valence-corrected chi connectivity index (χ0v) is 22.3. The number of carboxylic acid groups (broad SMARTS) is 2. The Morgan fingerprint density at radius 1 is 0.667 bits per heavy atom. The molecule has 0 atom stereocenters. The maximum Gasteiger partial charge on any atom is 0.342 e. The Kier molecular flexibility index (Phi) is 12.9. The minimum atomic E-state index is -1.31. The molecular formula is C22H24N2O8S4. The van der Waals surface area contributed by atoms with Crippen LogP contribution in [0.2, 0.25) is 0 Å². The van der Waals surface area contributed by atoms with E-state index in [1.54, 1.807) is 33.7 Å². The highest BCUT2D eigenvalue weighted by Crippen LogP contribution is 2.36. The molecule has 14 heteroatoms. The molecule has 0 aliphatic heterocycles. The number of nitro benzene ring substituents is 2. The maximum atomic E-state index is 11.2. The molecule has 0 heterocycles. The fraction of sp³-hybridized carbons (Fsp3) is 0.364. The predicted molar refractivity (Wildman–Crippen MR) is 144 cm³/mol. The number of unbranched alkanes of at least 4 members (excludes halogenated alkanes) is 5. The van der Waals surface area contributed by atoms with Crippen LogP contribution in [0.3, 0.4) is 0 Å². The molecule has 0 aliphatic carbocycles. The van der Waals surface area contributed by atoms with Gasteiger partial charge in [0, 0.05) is 33.4 Å². The van der Waals surface area contributed by atoms with Crippen molar-refractivity contribution in [1.82, 2.24) is 0 Å². The molecule has 194 valence electrons. The first-order valence-electron chi connectivity index (χ1n) is 10.8. The number of carbonyl (C=O) groups is 2. The number of carboxylic acids is 2. The molecule has 10 nitrogen and oxygen atoms in total. The van der Waals surface area contributed by atoms with Crippen molar-refractivity contribution in [3.8, 4) is 0 Å². The van der Waals surface area contributed by atoms with Crippen molar-refractivity contribution in [2.75, 3.05) is 11.5 Å². The lowest BCUT2D eigenvalue weighted by atomic mass is 10.1. The van der Waals surface area contributed by atoms with Crippen LogP contribution in [0.1, 0.15) is 59.2 Å². The van der Waals surface area contributed by atoms with Crippen molar-refractivity contribution >= 4 is 66.5 Å². The van der Waals surface area contributed by atoms with Gasteiger partial charge in [-0.15, -0.1) is 0 Å². The summed E-state index contributed by atoms with van der Waals surface area (Å²) in [5.41, 5.74) is -1.43. The third-order valence-corrected chi connectivity index (χ3v) is 9.71. The van der Waals surface area contributed by atoms with Crippen molar-refractivity contribution in [3.05, 3.63) is 67.8 Å². The fourth-order valence-corrected chi connectivity index (χ4v) is 7.35. The van der Waals surface area contributed by atoms with Crippen LogP contribution in [-0.2, 0) is 0 Å². The molecule has 2 rings (SSSR count). The van der Waals surface area contributed by atoms with E-state index in [1.807, 2.05) is 0 Å². The zero-order chi connectivity index (χ0) is 26.5. The first-order chi connectivity index (χ1) is 17.2. The van der Waals surface area contributed by atoms with Gasteiger partial charge in [0.2, 0.25) is 0 Å². The third-order valence-electron chi connectivity index (χ3n) is 4.81. The molecule has 0 bridgehead atoms. The molecule has 0 saturated carbocycles. The van der Waals surface area contributed by atoms with Crippen LogP contribution in [0, 0.1) is 20.2 Å². The van der Waals surface area contributed by atoms with Crippen molar-refractivity contribution in [2.24, 2.45) is 0 Å². The number of nitro groups is 2. The van der Waals surface area contributed by atoms with Gasteiger partial charge in [0.1, 0.15) is 11.1 Å².